The normalized spacial score (nSPS) is 10.8. The predicted molar refractivity (Wildman–Crippen MR) is 43.1 cm³/mol. The zero-order valence-electron chi connectivity index (χ0n) is 6.44. The molecule has 4 nitrogen and oxygen atoms in total. The standard InChI is InChI=1S/C8H7NO3/c1-9-5-3-2-4-6(10)7(5)8(11)12-9/h2-4,10H,1H3. The van der Waals surface area contributed by atoms with Gasteiger partial charge in [-0.15, -0.1) is 0 Å². The molecule has 2 aromatic rings. The molecule has 0 atom stereocenters. The van der Waals surface area contributed by atoms with Gasteiger partial charge in [-0.25, -0.2) is 9.53 Å². The first-order valence-corrected chi connectivity index (χ1v) is 3.48. The molecular weight excluding hydrogens is 158 g/mol. The van der Waals surface area contributed by atoms with Crippen molar-refractivity contribution in [3.05, 3.63) is 28.6 Å². The molecule has 1 N–H and O–H groups in total. The second-order valence-electron chi connectivity index (χ2n) is 2.55. The molecule has 0 unspecified atom stereocenters. The topological polar surface area (TPSA) is 55.4 Å². The molecule has 0 saturated heterocycles. The second-order valence-corrected chi connectivity index (χ2v) is 2.55. The van der Waals surface area contributed by atoms with Crippen LogP contribution >= 0.6 is 0 Å². The van der Waals surface area contributed by atoms with Gasteiger partial charge < -0.3 is 9.63 Å². The van der Waals surface area contributed by atoms with Crippen molar-refractivity contribution in [3.8, 4) is 5.75 Å². The van der Waals surface area contributed by atoms with Crippen molar-refractivity contribution in [1.29, 1.82) is 0 Å². The van der Waals surface area contributed by atoms with E-state index in [0.717, 1.165) is 0 Å². The van der Waals surface area contributed by atoms with Crippen molar-refractivity contribution in [3.63, 3.8) is 0 Å². The van der Waals surface area contributed by atoms with Crippen molar-refractivity contribution in [2.45, 2.75) is 0 Å². The zero-order valence-corrected chi connectivity index (χ0v) is 6.44. The summed E-state index contributed by atoms with van der Waals surface area (Å²) in [5.74, 6) is -0.0400. The lowest BCUT2D eigenvalue weighted by molar-refractivity contribution is 0.296. The van der Waals surface area contributed by atoms with Crippen LogP contribution in [0.15, 0.2) is 27.5 Å². The van der Waals surface area contributed by atoms with Gasteiger partial charge in [0.15, 0.2) is 0 Å². The Bertz CT molecular complexity index is 480. The van der Waals surface area contributed by atoms with Crippen molar-refractivity contribution in [2.75, 3.05) is 0 Å². The minimum absolute atomic E-state index is 0.0400. The first kappa shape index (κ1) is 6.97. The van der Waals surface area contributed by atoms with Gasteiger partial charge in [0.05, 0.1) is 5.52 Å². The van der Waals surface area contributed by atoms with Crippen LogP contribution in [0.5, 0.6) is 5.75 Å². The Morgan fingerprint density at radius 3 is 2.92 bits per heavy atom. The fourth-order valence-electron chi connectivity index (χ4n) is 1.22. The van der Waals surface area contributed by atoms with Crippen molar-refractivity contribution < 1.29 is 9.63 Å². The fourth-order valence-corrected chi connectivity index (χ4v) is 1.22. The average molecular weight is 165 g/mol. The van der Waals surface area contributed by atoms with Crippen molar-refractivity contribution in [2.24, 2.45) is 7.05 Å². The van der Waals surface area contributed by atoms with E-state index >= 15 is 0 Å². The summed E-state index contributed by atoms with van der Waals surface area (Å²) < 4.78 is 6.08. The number of nitrogens with zero attached hydrogens (tertiary/aromatic N) is 1. The molecule has 1 aromatic heterocycles. The highest BCUT2D eigenvalue weighted by molar-refractivity contribution is 5.83. The molecule has 0 bridgehead atoms. The van der Waals surface area contributed by atoms with E-state index in [0.29, 0.717) is 5.52 Å². The summed E-state index contributed by atoms with van der Waals surface area (Å²) in [5.41, 5.74) is 0.0885. The van der Waals surface area contributed by atoms with Gasteiger partial charge >= 0.3 is 5.63 Å². The summed E-state index contributed by atoms with van der Waals surface area (Å²) >= 11 is 0. The number of aryl methyl sites for hydroxylation is 1. The Hall–Kier alpha value is -1.71. The van der Waals surface area contributed by atoms with E-state index in [9.17, 15) is 9.90 Å². The molecule has 0 radical (unpaired) electrons. The van der Waals surface area contributed by atoms with Crippen LogP contribution in [-0.4, -0.2) is 9.85 Å². The van der Waals surface area contributed by atoms with Crippen LogP contribution in [0.1, 0.15) is 0 Å². The Kier molecular flexibility index (Phi) is 1.24. The molecule has 4 heteroatoms. The van der Waals surface area contributed by atoms with E-state index in [1.54, 1.807) is 19.2 Å². The van der Waals surface area contributed by atoms with Crippen LogP contribution in [0, 0.1) is 0 Å². The molecule has 12 heavy (non-hydrogen) atoms. The molecular formula is C8H7NO3. The van der Waals surface area contributed by atoms with Crippen LogP contribution in [-0.2, 0) is 7.05 Å². The summed E-state index contributed by atoms with van der Waals surface area (Å²) in [6, 6.07) is 4.83. The molecule has 0 aliphatic heterocycles. The number of hydrogen-bond acceptors (Lipinski definition) is 3. The molecule has 0 fully saturated rings. The van der Waals surface area contributed by atoms with E-state index < -0.39 is 5.63 Å². The van der Waals surface area contributed by atoms with Gasteiger partial charge in [-0.1, -0.05) is 6.07 Å². The van der Waals surface area contributed by atoms with Gasteiger partial charge in [0.2, 0.25) is 0 Å². The zero-order chi connectivity index (χ0) is 8.72. The van der Waals surface area contributed by atoms with Crippen molar-refractivity contribution in [1.82, 2.24) is 4.74 Å². The van der Waals surface area contributed by atoms with E-state index in [-0.39, 0.29) is 11.1 Å². The molecule has 0 saturated carbocycles. The highest BCUT2D eigenvalue weighted by Crippen LogP contribution is 2.20. The van der Waals surface area contributed by atoms with Crippen LogP contribution in [0.25, 0.3) is 10.9 Å². The Morgan fingerprint density at radius 2 is 2.25 bits per heavy atom. The summed E-state index contributed by atoms with van der Waals surface area (Å²) in [6.07, 6.45) is 0. The van der Waals surface area contributed by atoms with E-state index in [4.69, 9.17) is 4.52 Å². The first-order valence-electron chi connectivity index (χ1n) is 3.48. The molecule has 0 aliphatic rings. The van der Waals surface area contributed by atoms with Gasteiger partial charge in [-0.05, 0) is 12.1 Å². The van der Waals surface area contributed by atoms with E-state index in [1.807, 2.05) is 0 Å². The quantitative estimate of drug-likeness (QED) is 0.629. The highest BCUT2D eigenvalue weighted by atomic mass is 16.5. The third-order valence-corrected chi connectivity index (χ3v) is 1.78. The molecule has 2 rings (SSSR count). The van der Waals surface area contributed by atoms with E-state index in [2.05, 4.69) is 0 Å². The maximum absolute atomic E-state index is 11.1. The first-order chi connectivity index (χ1) is 5.70. The molecule has 62 valence electrons. The highest BCUT2D eigenvalue weighted by Gasteiger charge is 2.09. The smallest absolute Gasteiger partial charge is 0.369 e. The maximum atomic E-state index is 11.1. The number of aromatic nitrogens is 1. The number of benzene rings is 1. The lowest BCUT2D eigenvalue weighted by Gasteiger charge is -1.91. The summed E-state index contributed by atoms with van der Waals surface area (Å²) in [7, 11) is 1.61. The average Bonchev–Trinajstić information content (AvgIpc) is 2.29. The molecule has 0 spiro atoms. The predicted octanol–water partition coefficient (Wildman–Crippen LogP) is 0.837. The SMILES string of the molecule is Cn1oc(=O)c2c(O)cccc21. The maximum Gasteiger partial charge on any atom is 0.369 e. The number of hydrogen-bond donors (Lipinski definition) is 1. The second kappa shape index (κ2) is 2.14. The van der Waals surface area contributed by atoms with Gasteiger partial charge in [0.1, 0.15) is 11.1 Å². The number of phenols is 1. The lowest BCUT2D eigenvalue weighted by atomic mass is 10.2. The summed E-state index contributed by atoms with van der Waals surface area (Å²) in [6.45, 7) is 0. The van der Waals surface area contributed by atoms with Gasteiger partial charge in [0.25, 0.3) is 0 Å². The van der Waals surface area contributed by atoms with Crippen LogP contribution in [0.3, 0.4) is 0 Å². The minimum atomic E-state index is -0.509. The third kappa shape index (κ3) is 0.747. The van der Waals surface area contributed by atoms with Crippen LogP contribution < -0.4 is 5.63 Å². The van der Waals surface area contributed by atoms with Crippen molar-refractivity contribution >= 4 is 10.9 Å². The minimum Gasteiger partial charge on any atom is -0.507 e. The van der Waals surface area contributed by atoms with Crippen LogP contribution in [0.4, 0.5) is 0 Å². The number of phenolic OH excluding ortho intramolecular Hbond substituents is 1. The van der Waals surface area contributed by atoms with Gasteiger partial charge in [-0.3, -0.25) is 0 Å². The molecule has 0 amide bonds. The third-order valence-electron chi connectivity index (χ3n) is 1.78. The summed E-state index contributed by atoms with van der Waals surface area (Å²) in [5, 5.41) is 9.53. The fraction of sp³-hybridized carbons (Fsp3) is 0.125. The number of aromatic hydroxyl groups is 1. The van der Waals surface area contributed by atoms with Gasteiger partial charge in [-0.2, -0.15) is 0 Å². The summed E-state index contributed by atoms with van der Waals surface area (Å²) in [4.78, 5) is 11.1. The Balaban J connectivity index is 3.09. The van der Waals surface area contributed by atoms with Gasteiger partial charge in [0, 0.05) is 7.05 Å². The largest absolute Gasteiger partial charge is 0.507 e. The Labute approximate surface area is 67.6 Å². The van der Waals surface area contributed by atoms with E-state index in [1.165, 1.54) is 10.8 Å². The van der Waals surface area contributed by atoms with Crippen LogP contribution in [0.2, 0.25) is 0 Å². The number of rotatable bonds is 0. The molecule has 1 aromatic carbocycles. The number of fused-ring (bicyclic) bond motifs is 1. The lowest BCUT2D eigenvalue weighted by Crippen LogP contribution is -1.91. The monoisotopic (exact) mass is 165 g/mol. The Morgan fingerprint density at radius 1 is 1.50 bits per heavy atom. The molecule has 0 aliphatic carbocycles. The molecule has 1 heterocycles.